The Balaban J connectivity index is 1.78. The standard InChI is InChI=1S/C9H14O2/c1-10-7-3-5-2-6(4-7)9-8(5)11-9/h5-9H,2-4H2,1H3. The summed E-state index contributed by atoms with van der Waals surface area (Å²) in [4.78, 5) is 0. The van der Waals surface area contributed by atoms with E-state index in [2.05, 4.69) is 0 Å². The average molecular weight is 154 g/mol. The van der Waals surface area contributed by atoms with Crippen molar-refractivity contribution in [3.63, 3.8) is 0 Å². The van der Waals surface area contributed by atoms with E-state index in [0.29, 0.717) is 18.3 Å². The molecule has 1 aliphatic heterocycles. The van der Waals surface area contributed by atoms with Crippen LogP contribution in [0.15, 0.2) is 0 Å². The van der Waals surface area contributed by atoms with Crippen LogP contribution in [0.3, 0.4) is 0 Å². The zero-order valence-corrected chi connectivity index (χ0v) is 6.82. The fourth-order valence-electron chi connectivity index (χ4n) is 2.98. The smallest absolute Gasteiger partial charge is 0.0873 e. The molecule has 2 bridgehead atoms. The van der Waals surface area contributed by atoms with E-state index in [1.807, 2.05) is 7.11 Å². The molecule has 1 saturated heterocycles. The van der Waals surface area contributed by atoms with E-state index in [0.717, 1.165) is 11.8 Å². The second-order valence-electron chi connectivity index (χ2n) is 4.15. The molecule has 11 heavy (non-hydrogen) atoms. The molecule has 0 amide bonds. The summed E-state index contributed by atoms with van der Waals surface area (Å²) in [6, 6.07) is 0. The van der Waals surface area contributed by atoms with Crippen molar-refractivity contribution in [3.05, 3.63) is 0 Å². The maximum Gasteiger partial charge on any atom is 0.0873 e. The summed E-state index contributed by atoms with van der Waals surface area (Å²) < 4.78 is 10.9. The molecule has 0 spiro atoms. The molecular formula is C9H14O2. The van der Waals surface area contributed by atoms with Gasteiger partial charge in [0.1, 0.15) is 0 Å². The summed E-state index contributed by atoms with van der Waals surface area (Å²) in [5.41, 5.74) is 0. The SMILES string of the molecule is COC1CC2CC(C1)C1OC21. The molecule has 2 nitrogen and oxygen atoms in total. The van der Waals surface area contributed by atoms with Gasteiger partial charge in [-0.05, 0) is 31.1 Å². The number of hydrogen-bond donors (Lipinski definition) is 0. The van der Waals surface area contributed by atoms with Crippen molar-refractivity contribution >= 4 is 0 Å². The lowest BCUT2D eigenvalue weighted by atomic mass is 9.86. The topological polar surface area (TPSA) is 21.8 Å². The Bertz CT molecular complexity index is 164. The maximum absolute atomic E-state index is 5.56. The van der Waals surface area contributed by atoms with Crippen molar-refractivity contribution in [3.8, 4) is 0 Å². The molecule has 3 fully saturated rings. The van der Waals surface area contributed by atoms with Crippen LogP contribution >= 0.6 is 0 Å². The predicted octanol–water partition coefficient (Wildman–Crippen LogP) is 1.20. The quantitative estimate of drug-likeness (QED) is 0.529. The van der Waals surface area contributed by atoms with Crippen molar-refractivity contribution in [2.75, 3.05) is 7.11 Å². The lowest BCUT2D eigenvalue weighted by Crippen LogP contribution is -2.26. The Labute approximate surface area is 66.9 Å². The van der Waals surface area contributed by atoms with Gasteiger partial charge in [0.2, 0.25) is 0 Å². The highest BCUT2D eigenvalue weighted by Crippen LogP contribution is 2.54. The summed E-state index contributed by atoms with van der Waals surface area (Å²) in [6.07, 6.45) is 5.72. The molecule has 1 heterocycles. The third-order valence-corrected chi connectivity index (χ3v) is 3.56. The number of fused-ring (bicyclic) bond motifs is 5. The van der Waals surface area contributed by atoms with Gasteiger partial charge in [0.25, 0.3) is 0 Å². The zero-order chi connectivity index (χ0) is 7.42. The first-order valence-corrected chi connectivity index (χ1v) is 4.56. The summed E-state index contributed by atoms with van der Waals surface area (Å²) in [5, 5.41) is 0. The number of hydrogen-bond acceptors (Lipinski definition) is 2. The monoisotopic (exact) mass is 154 g/mol. The van der Waals surface area contributed by atoms with Crippen LogP contribution in [0.25, 0.3) is 0 Å². The highest BCUT2D eigenvalue weighted by molar-refractivity contribution is 5.07. The van der Waals surface area contributed by atoms with E-state index in [1.54, 1.807) is 0 Å². The molecule has 0 aromatic heterocycles. The number of rotatable bonds is 1. The molecule has 2 heteroatoms. The Morgan fingerprint density at radius 2 is 1.73 bits per heavy atom. The van der Waals surface area contributed by atoms with Crippen LogP contribution in [-0.4, -0.2) is 25.4 Å². The summed E-state index contributed by atoms with van der Waals surface area (Å²) in [6.45, 7) is 0. The first-order chi connectivity index (χ1) is 5.38. The predicted molar refractivity (Wildman–Crippen MR) is 40.3 cm³/mol. The van der Waals surface area contributed by atoms with Gasteiger partial charge in [0.05, 0.1) is 18.3 Å². The highest BCUT2D eigenvalue weighted by Gasteiger charge is 2.59. The number of methoxy groups -OCH3 is 1. The van der Waals surface area contributed by atoms with E-state index in [4.69, 9.17) is 9.47 Å². The first kappa shape index (κ1) is 6.44. The largest absolute Gasteiger partial charge is 0.381 e. The second-order valence-corrected chi connectivity index (χ2v) is 4.15. The zero-order valence-electron chi connectivity index (χ0n) is 6.82. The maximum atomic E-state index is 5.56. The Hall–Kier alpha value is -0.0800. The fourth-order valence-corrected chi connectivity index (χ4v) is 2.98. The van der Waals surface area contributed by atoms with Crippen LogP contribution in [0, 0.1) is 11.8 Å². The van der Waals surface area contributed by atoms with Crippen LogP contribution < -0.4 is 0 Å². The molecule has 0 radical (unpaired) electrons. The molecule has 0 aromatic rings. The van der Waals surface area contributed by atoms with Gasteiger partial charge >= 0.3 is 0 Å². The normalized spacial score (nSPS) is 59.2. The van der Waals surface area contributed by atoms with Gasteiger partial charge in [0, 0.05) is 7.11 Å². The fraction of sp³-hybridized carbons (Fsp3) is 1.00. The summed E-state index contributed by atoms with van der Waals surface area (Å²) >= 11 is 0. The molecule has 2 saturated carbocycles. The van der Waals surface area contributed by atoms with E-state index in [1.165, 1.54) is 19.3 Å². The van der Waals surface area contributed by atoms with Crippen molar-refractivity contribution in [1.82, 2.24) is 0 Å². The lowest BCUT2D eigenvalue weighted by molar-refractivity contribution is 0.0180. The molecule has 4 unspecified atom stereocenters. The van der Waals surface area contributed by atoms with Crippen LogP contribution in [0.1, 0.15) is 19.3 Å². The van der Waals surface area contributed by atoms with Gasteiger partial charge < -0.3 is 9.47 Å². The molecule has 3 rings (SSSR count). The first-order valence-electron chi connectivity index (χ1n) is 4.56. The summed E-state index contributed by atoms with van der Waals surface area (Å²) in [5.74, 6) is 1.67. The van der Waals surface area contributed by atoms with Gasteiger partial charge in [-0.2, -0.15) is 0 Å². The van der Waals surface area contributed by atoms with E-state index < -0.39 is 0 Å². The molecule has 0 N–H and O–H groups in total. The molecule has 62 valence electrons. The number of epoxide rings is 1. The van der Waals surface area contributed by atoms with Gasteiger partial charge in [-0.15, -0.1) is 0 Å². The lowest BCUT2D eigenvalue weighted by Gasteiger charge is -2.28. The Morgan fingerprint density at radius 1 is 1.09 bits per heavy atom. The van der Waals surface area contributed by atoms with Crippen molar-refractivity contribution < 1.29 is 9.47 Å². The minimum atomic E-state index is 0.537. The third-order valence-electron chi connectivity index (χ3n) is 3.56. The Morgan fingerprint density at radius 3 is 2.27 bits per heavy atom. The van der Waals surface area contributed by atoms with Crippen LogP contribution in [0.5, 0.6) is 0 Å². The van der Waals surface area contributed by atoms with Crippen LogP contribution in [0.2, 0.25) is 0 Å². The minimum absolute atomic E-state index is 0.537. The van der Waals surface area contributed by atoms with Crippen molar-refractivity contribution in [2.24, 2.45) is 11.8 Å². The van der Waals surface area contributed by atoms with Gasteiger partial charge in [-0.3, -0.25) is 0 Å². The molecule has 0 aromatic carbocycles. The second kappa shape index (κ2) is 1.99. The molecule has 3 aliphatic rings. The van der Waals surface area contributed by atoms with E-state index in [-0.39, 0.29) is 0 Å². The van der Waals surface area contributed by atoms with E-state index >= 15 is 0 Å². The molecule has 2 aliphatic carbocycles. The van der Waals surface area contributed by atoms with Crippen molar-refractivity contribution in [1.29, 1.82) is 0 Å². The Kier molecular flexibility index (Phi) is 1.16. The van der Waals surface area contributed by atoms with Gasteiger partial charge in [-0.1, -0.05) is 0 Å². The van der Waals surface area contributed by atoms with Gasteiger partial charge in [-0.25, -0.2) is 0 Å². The highest BCUT2D eigenvalue weighted by atomic mass is 16.6. The number of ether oxygens (including phenoxy) is 2. The van der Waals surface area contributed by atoms with E-state index in [9.17, 15) is 0 Å². The minimum Gasteiger partial charge on any atom is -0.381 e. The molecule has 4 atom stereocenters. The molecular weight excluding hydrogens is 140 g/mol. The van der Waals surface area contributed by atoms with Gasteiger partial charge in [0.15, 0.2) is 0 Å². The third kappa shape index (κ3) is 0.798. The van der Waals surface area contributed by atoms with Crippen LogP contribution in [0.4, 0.5) is 0 Å². The van der Waals surface area contributed by atoms with Crippen LogP contribution in [-0.2, 0) is 9.47 Å². The average Bonchev–Trinajstić information content (AvgIpc) is 2.78. The summed E-state index contributed by atoms with van der Waals surface area (Å²) in [7, 11) is 1.84. The van der Waals surface area contributed by atoms with Crippen molar-refractivity contribution in [2.45, 2.75) is 37.6 Å².